The summed E-state index contributed by atoms with van der Waals surface area (Å²) in [6.07, 6.45) is 13.1. The second-order valence-electron chi connectivity index (χ2n) is 8.94. The molecule has 0 amide bonds. The molecule has 186 valence electrons. The van der Waals surface area contributed by atoms with Gasteiger partial charge in [0.1, 0.15) is 0 Å². The van der Waals surface area contributed by atoms with Crippen LogP contribution in [0.25, 0.3) is 21.9 Å². The van der Waals surface area contributed by atoms with Crippen LogP contribution in [0.1, 0.15) is 76.3 Å². The van der Waals surface area contributed by atoms with Crippen LogP contribution >= 0.6 is 0 Å². The van der Waals surface area contributed by atoms with Gasteiger partial charge in [-0.15, -0.1) is 34.5 Å². The number of hydrogen-bond acceptors (Lipinski definition) is 1. The summed E-state index contributed by atoms with van der Waals surface area (Å²) in [6, 6.07) is 20.9. The molecule has 0 aliphatic carbocycles. The van der Waals surface area contributed by atoms with Gasteiger partial charge in [-0.05, 0) is 43.5 Å². The van der Waals surface area contributed by atoms with Crippen molar-refractivity contribution in [3.63, 3.8) is 0 Å². The zero-order valence-electron chi connectivity index (χ0n) is 21.5. The fraction of sp³-hybridized carbons (Fsp3) is 0.483. The normalized spacial score (nSPS) is 10.1. The smallest absolute Gasteiger partial charge is 1.00 e. The SMILES string of the molecule is CCCCCCc1ccc(-c2cccc3[cH-]c(CCCCCC)cc23)cc1.C[Si](C)O.[Cl-].[Cl-].[Zr+3]. The Morgan fingerprint density at radius 3 is 1.88 bits per heavy atom. The van der Waals surface area contributed by atoms with E-state index in [1.807, 2.05) is 13.1 Å². The summed E-state index contributed by atoms with van der Waals surface area (Å²) in [5.41, 5.74) is 5.70. The summed E-state index contributed by atoms with van der Waals surface area (Å²) < 4.78 is 0. The maximum atomic E-state index is 8.16. The van der Waals surface area contributed by atoms with Gasteiger partial charge in [0.15, 0.2) is 9.04 Å². The average Bonchev–Trinajstić information content (AvgIpc) is 3.17. The molecule has 0 unspecified atom stereocenters. The first-order valence-corrected chi connectivity index (χ1v) is 14.8. The fourth-order valence-corrected chi connectivity index (χ4v) is 4.06. The fourth-order valence-electron chi connectivity index (χ4n) is 4.06. The first-order chi connectivity index (χ1) is 15.0. The molecule has 0 spiro atoms. The summed E-state index contributed by atoms with van der Waals surface area (Å²) in [5, 5.41) is 2.81. The molecular weight excluding hydrogens is 555 g/mol. The summed E-state index contributed by atoms with van der Waals surface area (Å²) in [4.78, 5) is 8.16. The van der Waals surface area contributed by atoms with Gasteiger partial charge in [-0.1, -0.05) is 94.7 Å². The van der Waals surface area contributed by atoms with Crippen molar-refractivity contribution in [1.29, 1.82) is 0 Å². The standard InChI is InChI=1S/C27H35.C2H7OSi.2ClH.Zr/c1-3-5-7-9-12-22-16-18-24(19-17-22)26-15-11-14-25-20-23(21-27(25)26)13-10-8-6-4-2;1-4(2)3;;;/h11,14-21H,3-10,12-13H2,1-2H3;3H,1-2H3;2*1H;/q-1;;;;+3/p-2. The molecule has 0 aromatic heterocycles. The largest absolute Gasteiger partial charge is 3.00 e. The van der Waals surface area contributed by atoms with Gasteiger partial charge in [-0.25, -0.2) is 0 Å². The van der Waals surface area contributed by atoms with Crippen LogP contribution in [0.4, 0.5) is 0 Å². The molecule has 5 heteroatoms. The molecule has 0 atom stereocenters. The van der Waals surface area contributed by atoms with Gasteiger partial charge in [0, 0.05) is 0 Å². The maximum absolute atomic E-state index is 8.16. The summed E-state index contributed by atoms with van der Waals surface area (Å²) in [6.45, 7) is 8.20. The number of halogens is 2. The molecule has 0 saturated carbocycles. The predicted octanol–water partition coefficient (Wildman–Crippen LogP) is 2.71. The van der Waals surface area contributed by atoms with Gasteiger partial charge in [-0.3, -0.25) is 0 Å². The number of fused-ring (bicyclic) bond motifs is 1. The first kappa shape index (κ1) is 35.8. The van der Waals surface area contributed by atoms with Gasteiger partial charge in [0.25, 0.3) is 0 Å². The number of aryl methyl sites for hydroxylation is 2. The number of unbranched alkanes of at least 4 members (excludes halogenated alkanes) is 6. The van der Waals surface area contributed by atoms with Gasteiger partial charge in [0.05, 0.1) is 0 Å². The minimum absolute atomic E-state index is 0. The van der Waals surface area contributed by atoms with Crippen LogP contribution in [0, 0.1) is 0 Å². The predicted molar refractivity (Wildman–Crippen MR) is 140 cm³/mol. The van der Waals surface area contributed by atoms with E-state index in [9.17, 15) is 0 Å². The van der Waals surface area contributed by atoms with Crippen LogP contribution in [0.2, 0.25) is 13.1 Å². The number of rotatable bonds is 11. The Kier molecular flexibility index (Phi) is 22.0. The molecule has 0 aliphatic heterocycles. The quantitative estimate of drug-likeness (QED) is 0.205. The third-order valence-corrected chi connectivity index (χ3v) is 5.71. The van der Waals surface area contributed by atoms with Crippen LogP contribution < -0.4 is 24.8 Å². The Labute approximate surface area is 242 Å². The maximum Gasteiger partial charge on any atom is 3.00 e. The van der Waals surface area contributed by atoms with Crippen LogP contribution in [0.15, 0.2) is 54.6 Å². The van der Waals surface area contributed by atoms with E-state index in [1.54, 1.807) is 0 Å². The van der Waals surface area contributed by atoms with Crippen molar-refractivity contribution in [2.45, 2.75) is 91.1 Å². The van der Waals surface area contributed by atoms with E-state index >= 15 is 0 Å². The molecule has 3 rings (SSSR count). The molecule has 1 N–H and O–H groups in total. The van der Waals surface area contributed by atoms with Crippen LogP contribution in [-0.2, 0) is 39.0 Å². The van der Waals surface area contributed by atoms with E-state index in [4.69, 9.17) is 4.80 Å². The zero-order chi connectivity index (χ0) is 22.5. The van der Waals surface area contributed by atoms with Crippen LogP contribution in [0.5, 0.6) is 0 Å². The molecule has 1 nitrogen and oxygen atoms in total. The van der Waals surface area contributed by atoms with Crippen LogP contribution in [-0.4, -0.2) is 13.8 Å². The summed E-state index contributed by atoms with van der Waals surface area (Å²) >= 11 is 0. The molecule has 2 radical (unpaired) electrons. The van der Waals surface area contributed by atoms with Crippen LogP contribution in [0.3, 0.4) is 0 Å². The topological polar surface area (TPSA) is 20.2 Å². The van der Waals surface area contributed by atoms with E-state index in [0.29, 0.717) is 0 Å². The summed E-state index contributed by atoms with van der Waals surface area (Å²) in [5.74, 6) is 0. The van der Waals surface area contributed by atoms with E-state index < -0.39 is 9.04 Å². The van der Waals surface area contributed by atoms with E-state index in [2.05, 4.69) is 68.4 Å². The average molecular weight is 597 g/mol. The third-order valence-electron chi connectivity index (χ3n) is 5.71. The monoisotopic (exact) mass is 594 g/mol. The van der Waals surface area contributed by atoms with Crippen molar-refractivity contribution in [1.82, 2.24) is 0 Å². The molecule has 0 bridgehead atoms. The van der Waals surface area contributed by atoms with E-state index in [-0.39, 0.29) is 51.0 Å². The summed E-state index contributed by atoms with van der Waals surface area (Å²) in [7, 11) is -0.880. The molecular formula is C29H42Cl2OSiZr. The van der Waals surface area contributed by atoms with Crippen molar-refractivity contribution in [3.05, 3.63) is 65.7 Å². The third kappa shape index (κ3) is 13.1. The minimum atomic E-state index is -0.880. The van der Waals surface area contributed by atoms with Gasteiger partial charge >= 0.3 is 26.2 Å². The van der Waals surface area contributed by atoms with Gasteiger partial charge < -0.3 is 29.6 Å². The molecule has 0 heterocycles. The second kappa shape index (κ2) is 20.8. The first-order valence-electron chi connectivity index (χ1n) is 12.3. The number of benzene rings is 2. The second-order valence-corrected chi connectivity index (χ2v) is 10.8. The van der Waals surface area contributed by atoms with Crippen molar-refractivity contribution in [3.8, 4) is 11.1 Å². The van der Waals surface area contributed by atoms with Crippen molar-refractivity contribution in [2.75, 3.05) is 0 Å². The van der Waals surface area contributed by atoms with Crippen molar-refractivity contribution < 1.29 is 55.8 Å². The molecule has 0 aliphatic rings. The Bertz CT molecular complexity index is 875. The van der Waals surface area contributed by atoms with Crippen molar-refractivity contribution in [2.24, 2.45) is 0 Å². The zero-order valence-corrected chi connectivity index (χ0v) is 26.4. The Hall–Kier alpha value is -0.310. The van der Waals surface area contributed by atoms with Gasteiger partial charge in [-0.2, -0.15) is 6.07 Å². The Morgan fingerprint density at radius 2 is 1.32 bits per heavy atom. The molecule has 0 saturated heterocycles. The van der Waals surface area contributed by atoms with Crippen molar-refractivity contribution >= 4 is 19.8 Å². The molecule has 3 aromatic carbocycles. The van der Waals surface area contributed by atoms with Gasteiger partial charge in [0.2, 0.25) is 0 Å². The molecule has 3 aromatic rings. The number of hydrogen-bond donors (Lipinski definition) is 1. The van der Waals surface area contributed by atoms with E-state index in [0.717, 1.165) is 0 Å². The Balaban J connectivity index is 0. The molecule has 0 fully saturated rings. The van der Waals surface area contributed by atoms with E-state index in [1.165, 1.54) is 97.2 Å². The minimum Gasteiger partial charge on any atom is -1.00 e. The molecule has 34 heavy (non-hydrogen) atoms. The Morgan fingerprint density at radius 1 is 0.765 bits per heavy atom.